The molecule has 4 rings (SSSR count). The zero-order valence-electron chi connectivity index (χ0n) is 13.7. The molecule has 0 saturated carbocycles. The highest BCUT2D eigenvalue weighted by atomic mass is 32.1. The van der Waals surface area contributed by atoms with Gasteiger partial charge in [-0.15, -0.1) is 11.3 Å². The lowest BCUT2D eigenvalue weighted by molar-refractivity contribution is 0.199. The fourth-order valence-corrected chi connectivity index (χ4v) is 4.03. The summed E-state index contributed by atoms with van der Waals surface area (Å²) in [7, 11) is 0. The van der Waals surface area contributed by atoms with Gasteiger partial charge in [-0.2, -0.15) is 0 Å². The van der Waals surface area contributed by atoms with Crippen LogP contribution < -0.4 is 0 Å². The van der Waals surface area contributed by atoms with E-state index in [1.165, 1.54) is 17.7 Å². The lowest BCUT2D eigenvalue weighted by Crippen LogP contribution is -2.34. The molecule has 124 valence electrons. The van der Waals surface area contributed by atoms with Crippen LogP contribution in [-0.4, -0.2) is 42.5 Å². The summed E-state index contributed by atoms with van der Waals surface area (Å²) < 4.78 is 1.90. The summed E-state index contributed by atoms with van der Waals surface area (Å²) in [4.78, 5) is 21.5. The van der Waals surface area contributed by atoms with Crippen LogP contribution in [0.15, 0.2) is 36.6 Å². The van der Waals surface area contributed by atoms with Crippen molar-refractivity contribution >= 4 is 11.3 Å². The predicted octanol–water partition coefficient (Wildman–Crippen LogP) is 2.81. The SMILES string of the molecule is Cc1ncsc1CN1CCC[C@@H](c2cncc(-n3ccnc3)n2)C1. The molecule has 0 N–H and O–H groups in total. The second-order valence-corrected chi connectivity index (χ2v) is 7.15. The summed E-state index contributed by atoms with van der Waals surface area (Å²) in [6, 6.07) is 0. The van der Waals surface area contributed by atoms with Crippen LogP contribution in [0.25, 0.3) is 5.82 Å². The topological polar surface area (TPSA) is 59.7 Å². The number of thiazole rings is 1. The minimum absolute atomic E-state index is 0.433. The van der Waals surface area contributed by atoms with E-state index in [0.717, 1.165) is 36.8 Å². The van der Waals surface area contributed by atoms with Gasteiger partial charge >= 0.3 is 0 Å². The summed E-state index contributed by atoms with van der Waals surface area (Å²) in [5.41, 5.74) is 4.17. The Morgan fingerprint density at radius 1 is 1.29 bits per heavy atom. The molecule has 1 saturated heterocycles. The summed E-state index contributed by atoms with van der Waals surface area (Å²) in [6.45, 7) is 5.25. The van der Waals surface area contributed by atoms with Gasteiger partial charge < -0.3 is 0 Å². The van der Waals surface area contributed by atoms with E-state index in [-0.39, 0.29) is 0 Å². The molecule has 0 radical (unpaired) electrons. The third-order valence-corrected chi connectivity index (χ3v) is 5.47. The lowest BCUT2D eigenvalue weighted by atomic mass is 9.95. The predicted molar refractivity (Wildman–Crippen MR) is 93.3 cm³/mol. The van der Waals surface area contributed by atoms with Gasteiger partial charge in [-0.25, -0.2) is 15.0 Å². The van der Waals surface area contributed by atoms with Crippen molar-refractivity contribution in [3.8, 4) is 5.82 Å². The Hall–Kier alpha value is -2.12. The lowest BCUT2D eigenvalue weighted by Gasteiger charge is -2.32. The molecule has 0 aliphatic carbocycles. The maximum atomic E-state index is 4.81. The molecule has 0 amide bonds. The largest absolute Gasteiger partial charge is 0.298 e. The van der Waals surface area contributed by atoms with Crippen LogP contribution in [0.2, 0.25) is 0 Å². The van der Waals surface area contributed by atoms with E-state index in [1.807, 2.05) is 22.5 Å². The number of aryl methyl sites for hydroxylation is 1. The van der Waals surface area contributed by atoms with Gasteiger partial charge in [0.1, 0.15) is 6.33 Å². The molecule has 0 spiro atoms. The van der Waals surface area contributed by atoms with Crippen LogP contribution in [-0.2, 0) is 6.54 Å². The molecule has 1 aliphatic rings. The smallest absolute Gasteiger partial charge is 0.156 e. The zero-order chi connectivity index (χ0) is 16.4. The molecular weight excluding hydrogens is 320 g/mol. The highest BCUT2D eigenvalue weighted by Gasteiger charge is 2.23. The molecule has 6 nitrogen and oxygen atoms in total. The second-order valence-electron chi connectivity index (χ2n) is 6.21. The van der Waals surface area contributed by atoms with Crippen LogP contribution >= 0.6 is 11.3 Å². The summed E-state index contributed by atoms with van der Waals surface area (Å²) in [5, 5.41) is 0. The Morgan fingerprint density at radius 3 is 3.04 bits per heavy atom. The fraction of sp³-hybridized carbons (Fsp3) is 0.412. The number of hydrogen-bond donors (Lipinski definition) is 0. The Kier molecular flexibility index (Phi) is 4.36. The van der Waals surface area contributed by atoms with E-state index in [4.69, 9.17) is 4.98 Å². The Bertz CT molecular complexity index is 797. The van der Waals surface area contributed by atoms with Gasteiger partial charge in [0.15, 0.2) is 5.82 Å². The van der Waals surface area contributed by atoms with E-state index in [1.54, 1.807) is 30.1 Å². The Labute approximate surface area is 145 Å². The maximum Gasteiger partial charge on any atom is 0.156 e. The van der Waals surface area contributed by atoms with Gasteiger partial charge in [-0.3, -0.25) is 14.5 Å². The molecule has 0 bridgehead atoms. The highest BCUT2D eigenvalue weighted by Crippen LogP contribution is 2.27. The van der Waals surface area contributed by atoms with Gasteiger partial charge in [0.25, 0.3) is 0 Å². The first-order valence-electron chi connectivity index (χ1n) is 8.21. The summed E-state index contributed by atoms with van der Waals surface area (Å²) >= 11 is 1.75. The second kappa shape index (κ2) is 6.78. The van der Waals surface area contributed by atoms with E-state index in [2.05, 4.69) is 26.8 Å². The molecule has 1 fully saturated rings. The maximum absolute atomic E-state index is 4.81. The minimum atomic E-state index is 0.433. The van der Waals surface area contributed by atoms with Gasteiger partial charge in [0.05, 0.1) is 23.1 Å². The third kappa shape index (κ3) is 3.22. The molecule has 4 heterocycles. The van der Waals surface area contributed by atoms with Gasteiger partial charge in [-0.05, 0) is 26.3 Å². The van der Waals surface area contributed by atoms with Gasteiger partial charge in [0.2, 0.25) is 0 Å². The third-order valence-electron chi connectivity index (χ3n) is 4.55. The Morgan fingerprint density at radius 2 is 2.25 bits per heavy atom. The van der Waals surface area contributed by atoms with Crippen molar-refractivity contribution < 1.29 is 0 Å². The van der Waals surface area contributed by atoms with Crippen molar-refractivity contribution in [3.63, 3.8) is 0 Å². The Balaban J connectivity index is 1.50. The molecular formula is C17H20N6S. The van der Waals surface area contributed by atoms with Crippen LogP contribution in [0.3, 0.4) is 0 Å². The number of rotatable bonds is 4. The minimum Gasteiger partial charge on any atom is -0.298 e. The first-order valence-corrected chi connectivity index (χ1v) is 9.09. The van der Waals surface area contributed by atoms with Crippen molar-refractivity contribution in [1.82, 2.24) is 29.4 Å². The average molecular weight is 340 g/mol. The molecule has 3 aromatic rings. The van der Waals surface area contributed by atoms with Gasteiger partial charge in [0, 0.05) is 42.5 Å². The van der Waals surface area contributed by atoms with E-state index < -0.39 is 0 Å². The first kappa shape index (κ1) is 15.4. The van der Waals surface area contributed by atoms with Crippen molar-refractivity contribution in [2.75, 3.05) is 13.1 Å². The monoisotopic (exact) mass is 340 g/mol. The zero-order valence-corrected chi connectivity index (χ0v) is 14.5. The fourth-order valence-electron chi connectivity index (χ4n) is 3.21. The molecule has 24 heavy (non-hydrogen) atoms. The molecule has 1 aliphatic heterocycles. The number of imidazole rings is 1. The molecule has 1 atom stereocenters. The molecule has 0 aromatic carbocycles. The number of piperidine rings is 1. The van der Waals surface area contributed by atoms with Crippen molar-refractivity contribution in [2.24, 2.45) is 0 Å². The van der Waals surface area contributed by atoms with E-state index in [0.29, 0.717) is 5.92 Å². The quantitative estimate of drug-likeness (QED) is 0.731. The average Bonchev–Trinajstić information content (AvgIpc) is 3.28. The normalized spacial score (nSPS) is 18.8. The summed E-state index contributed by atoms with van der Waals surface area (Å²) in [5.74, 6) is 1.27. The number of nitrogens with zero attached hydrogens (tertiary/aromatic N) is 6. The van der Waals surface area contributed by atoms with Gasteiger partial charge in [-0.1, -0.05) is 0 Å². The van der Waals surface area contributed by atoms with Crippen LogP contribution in [0, 0.1) is 6.92 Å². The molecule has 7 heteroatoms. The first-order chi connectivity index (χ1) is 11.8. The number of hydrogen-bond acceptors (Lipinski definition) is 6. The van der Waals surface area contributed by atoms with E-state index in [9.17, 15) is 0 Å². The van der Waals surface area contributed by atoms with Crippen LogP contribution in [0.4, 0.5) is 0 Å². The molecule has 0 unspecified atom stereocenters. The van der Waals surface area contributed by atoms with Crippen LogP contribution in [0.1, 0.15) is 35.0 Å². The van der Waals surface area contributed by atoms with Crippen molar-refractivity contribution in [1.29, 1.82) is 0 Å². The number of aromatic nitrogens is 5. The van der Waals surface area contributed by atoms with Crippen LogP contribution in [0.5, 0.6) is 0 Å². The van der Waals surface area contributed by atoms with Crippen molar-refractivity contribution in [3.05, 3.63) is 52.9 Å². The molecule has 3 aromatic heterocycles. The number of likely N-dealkylation sites (tertiary alicyclic amines) is 1. The highest BCUT2D eigenvalue weighted by molar-refractivity contribution is 7.09. The van der Waals surface area contributed by atoms with E-state index >= 15 is 0 Å². The summed E-state index contributed by atoms with van der Waals surface area (Å²) in [6.07, 6.45) is 11.5. The standard InChI is InChI=1S/C17H20N6S/c1-13-16(24-12-20-13)10-22-5-2-3-14(9-22)15-7-19-8-17(21-15)23-6-4-18-11-23/h4,6-8,11-12,14H,2-3,5,9-10H2,1H3/t14-/m1/s1. The van der Waals surface area contributed by atoms with Crippen molar-refractivity contribution in [2.45, 2.75) is 32.2 Å².